The highest BCUT2D eigenvalue weighted by atomic mass is 19.1. The molecule has 5 atom stereocenters. The van der Waals surface area contributed by atoms with Gasteiger partial charge in [0.2, 0.25) is 0 Å². The Kier molecular flexibility index (Phi) is 6.53. The number of carbonyl (C=O) groups is 2. The van der Waals surface area contributed by atoms with Crippen LogP contribution in [0, 0.1) is 17.7 Å². The van der Waals surface area contributed by atoms with Crippen LogP contribution >= 0.6 is 0 Å². The third kappa shape index (κ3) is 4.18. The fraction of sp³-hybridized carbons (Fsp3) is 0.579. The molecule has 1 fully saturated rings. The summed E-state index contributed by atoms with van der Waals surface area (Å²) in [4.78, 5) is 25.2. The van der Waals surface area contributed by atoms with Gasteiger partial charge in [0.05, 0.1) is 25.0 Å². The maximum absolute atomic E-state index is 13.4. The first kappa shape index (κ1) is 19.4. The van der Waals surface area contributed by atoms with Gasteiger partial charge in [-0.2, -0.15) is 0 Å². The highest BCUT2D eigenvalue weighted by molar-refractivity contribution is 5.80. The third-order valence-electron chi connectivity index (χ3n) is 4.75. The minimum Gasteiger partial charge on any atom is -0.466 e. The first-order valence-electron chi connectivity index (χ1n) is 8.75. The Morgan fingerprint density at radius 2 is 1.40 bits per heavy atom. The lowest BCUT2D eigenvalue weighted by atomic mass is 9.68. The van der Waals surface area contributed by atoms with Crippen molar-refractivity contribution in [1.29, 1.82) is 0 Å². The summed E-state index contributed by atoms with van der Waals surface area (Å²) in [6.07, 6.45) is 0. The van der Waals surface area contributed by atoms with Crippen LogP contribution in [0.2, 0.25) is 0 Å². The van der Waals surface area contributed by atoms with Gasteiger partial charge in [0.15, 0.2) is 0 Å². The van der Waals surface area contributed by atoms with Gasteiger partial charge in [0.25, 0.3) is 0 Å². The second-order valence-corrected chi connectivity index (χ2v) is 6.38. The molecule has 0 saturated carbocycles. The number of esters is 2. The summed E-state index contributed by atoms with van der Waals surface area (Å²) in [5, 5.41) is 3.29. The Labute approximate surface area is 147 Å². The molecule has 1 unspecified atom stereocenters. The van der Waals surface area contributed by atoms with Crippen molar-refractivity contribution in [2.45, 2.75) is 45.7 Å². The van der Waals surface area contributed by atoms with Crippen molar-refractivity contribution < 1.29 is 23.5 Å². The Bertz CT molecular complexity index is 574. The molecule has 1 heterocycles. The minimum absolute atomic E-state index is 0.185. The van der Waals surface area contributed by atoms with E-state index in [0.717, 1.165) is 5.56 Å². The maximum atomic E-state index is 13.4. The van der Waals surface area contributed by atoms with Crippen LogP contribution in [0.5, 0.6) is 0 Å². The SMILES string of the molecule is CCOC(=O)[C@@H]1C(c2ccc(F)cc2)[C@H](C(=O)OCC)[C@H](C)N[C@H]1C. The van der Waals surface area contributed by atoms with Crippen LogP contribution in [0.1, 0.15) is 39.2 Å². The van der Waals surface area contributed by atoms with Crippen molar-refractivity contribution in [3.05, 3.63) is 35.6 Å². The van der Waals surface area contributed by atoms with Crippen LogP contribution in [-0.4, -0.2) is 37.2 Å². The summed E-state index contributed by atoms with van der Waals surface area (Å²) in [6.45, 7) is 7.82. The van der Waals surface area contributed by atoms with E-state index < -0.39 is 17.8 Å². The molecule has 0 bridgehead atoms. The van der Waals surface area contributed by atoms with E-state index in [2.05, 4.69) is 5.32 Å². The summed E-state index contributed by atoms with van der Waals surface area (Å²) in [5.41, 5.74) is 0.734. The van der Waals surface area contributed by atoms with Crippen molar-refractivity contribution in [3.63, 3.8) is 0 Å². The predicted molar refractivity (Wildman–Crippen MR) is 91.4 cm³/mol. The normalized spacial score (nSPS) is 29.1. The molecule has 138 valence electrons. The molecule has 1 saturated heterocycles. The Morgan fingerprint density at radius 3 is 1.80 bits per heavy atom. The zero-order valence-electron chi connectivity index (χ0n) is 15.1. The molecule has 6 heteroatoms. The number of rotatable bonds is 5. The molecule has 0 spiro atoms. The molecule has 1 aliphatic heterocycles. The van der Waals surface area contributed by atoms with E-state index in [1.54, 1.807) is 26.0 Å². The second-order valence-electron chi connectivity index (χ2n) is 6.38. The number of ether oxygens (including phenoxy) is 2. The van der Waals surface area contributed by atoms with Gasteiger partial charge in [-0.3, -0.25) is 9.59 Å². The van der Waals surface area contributed by atoms with Gasteiger partial charge < -0.3 is 14.8 Å². The second kappa shape index (κ2) is 8.43. The van der Waals surface area contributed by atoms with Crippen molar-refractivity contribution >= 4 is 11.9 Å². The Balaban J connectivity index is 2.49. The highest BCUT2D eigenvalue weighted by Crippen LogP contribution is 2.41. The van der Waals surface area contributed by atoms with E-state index in [4.69, 9.17) is 9.47 Å². The van der Waals surface area contributed by atoms with E-state index >= 15 is 0 Å². The number of halogens is 1. The molecule has 1 aromatic carbocycles. The van der Waals surface area contributed by atoms with Gasteiger partial charge >= 0.3 is 11.9 Å². The molecule has 2 rings (SSSR count). The zero-order valence-corrected chi connectivity index (χ0v) is 15.1. The standard InChI is InChI=1S/C19H26FNO4/c1-5-24-18(22)15-11(3)21-12(4)16(19(23)25-6-2)17(15)13-7-9-14(20)10-8-13/h7-12,15-17,21H,5-6H2,1-4H3/t11-,12-,15-,16+,17?/m0/s1. The number of benzene rings is 1. The zero-order chi connectivity index (χ0) is 18.6. The minimum atomic E-state index is -0.559. The number of carbonyl (C=O) groups excluding carboxylic acids is 2. The summed E-state index contributed by atoms with van der Waals surface area (Å²) < 4.78 is 23.9. The van der Waals surface area contributed by atoms with E-state index in [-0.39, 0.29) is 43.1 Å². The lowest BCUT2D eigenvalue weighted by Gasteiger charge is -2.44. The van der Waals surface area contributed by atoms with Crippen LogP contribution in [-0.2, 0) is 19.1 Å². The number of hydrogen-bond donors (Lipinski definition) is 1. The van der Waals surface area contributed by atoms with Crippen molar-refractivity contribution in [1.82, 2.24) is 5.32 Å². The molecule has 0 aliphatic carbocycles. The topological polar surface area (TPSA) is 64.6 Å². The summed E-state index contributed by atoms with van der Waals surface area (Å²) >= 11 is 0. The Morgan fingerprint density at radius 1 is 0.960 bits per heavy atom. The third-order valence-corrected chi connectivity index (χ3v) is 4.75. The number of hydrogen-bond acceptors (Lipinski definition) is 5. The lowest BCUT2D eigenvalue weighted by molar-refractivity contribution is -0.158. The quantitative estimate of drug-likeness (QED) is 0.826. The Hall–Kier alpha value is -1.95. The fourth-order valence-corrected chi connectivity index (χ4v) is 3.75. The maximum Gasteiger partial charge on any atom is 0.311 e. The van der Waals surface area contributed by atoms with E-state index in [9.17, 15) is 14.0 Å². The number of nitrogens with one attached hydrogen (secondary N) is 1. The largest absolute Gasteiger partial charge is 0.466 e. The van der Waals surface area contributed by atoms with E-state index in [1.165, 1.54) is 12.1 Å². The predicted octanol–water partition coefficient (Wildman–Crippen LogP) is 2.65. The van der Waals surface area contributed by atoms with E-state index in [1.807, 2.05) is 13.8 Å². The van der Waals surface area contributed by atoms with Gasteiger partial charge in [-0.05, 0) is 45.4 Å². The van der Waals surface area contributed by atoms with E-state index in [0.29, 0.717) is 0 Å². The van der Waals surface area contributed by atoms with Crippen molar-refractivity contribution in [2.24, 2.45) is 11.8 Å². The first-order valence-corrected chi connectivity index (χ1v) is 8.75. The average molecular weight is 351 g/mol. The molecule has 0 aromatic heterocycles. The fourth-order valence-electron chi connectivity index (χ4n) is 3.75. The van der Waals surface area contributed by atoms with Gasteiger partial charge in [-0.25, -0.2) is 4.39 Å². The molecule has 1 aliphatic rings. The molecule has 25 heavy (non-hydrogen) atoms. The van der Waals surface area contributed by atoms with Crippen LogP contribution in [0.25, 0.3) is 0 Å². The van der Waals surface area contributed by atoms with Gasteiger partial charge in [-0.1, -0.05) is 12.1 Å². The molecule has 0 amide bonds. The highest BCUT2D eigenvalue weighted by Gasteiger charge is 2.49. The monoisotopic (exact) mass is 351 g/mol. The molecule has 5 nitrogen and oxygen atoms in total. The summed E-state index contributed by atoms with van der Waals surface area (Å²) in [7, 11) is 0. The van der Waals surface area contributed by atoms with Crippen molar-refractivity contribution in [3.8, 4) is 0 Å². The summed E-state index contributed by atoms with van der Waals surface area (Å²) in [6, 6.07) is 5.57. The first-order chi connectivity index (χ1) is 11.9. The smallest absolute Gasteiger partial charge is 0.311 e. The number of piperidine rings is 1. The van der Waals surface area contributed by atoms with Crippen LogP contribution in [0.15, 0.2) is 24.3 Å². The van der Waals surface area contributed by atoms with Crippen LogP contribution in [0.3, 0.4) is 0 Å². The molecular formula is C19H26FNO4. The average Bonchev–Trinajstić information content (AvgIpc) is 2.55. The molecule has 1 N–H and O–H groups in total. The summed E-state index contributed by atoms with van der Waals surface area (Å²) in [5.74, 6) is -2.65. The van der Waals surface area contributed by atoms with Crippen molar-refractivity contribution in [2.75, 3.05) is 13.2 Å². The van der Waals surface area contributed by atoms with Crippen LogP contribution < -0.4 is 5.32 Å². The van der Waals surface area contributed by atoms with Gasteiger partial charge in [0.1, 0.15) is 5.82 Å². The lowest BCUT2D eigenvalue weighted by Crippen LogP contribution is -2.58. The molecule has 1 aromatic rings. The molecular weight excluding hydrogens is 325 g/mol. The molecule has 0 radical (unpaired) electrons. The van der Waals surface area contributed by atoms with Gasteiger partial charge in [0, 0.05) is 18.0 Å². The van der Waals surface area contributed by atoms with Crippen LogP contribution in [0.4, 0.5) is 4.39 Å². The van der Waals surface area contributed by atoms with Gasteiger partial charge in [-0.15, -0.1) is 0 Å².